The second-order valence-corrected chi connectivity index (χ2v) is 10.2. The van der Waals surface area contributed by atoms with Gasteiger partial charge >= 0.3 is 6.09 Å². The van der Waals surface area contributed by atoms with Crippen LogP contribution in [0.1, 0.15) is 56.8 Å². The van der Waals surface area contributed by atoms with Crippen LogP contribution in [0, 0.1) is 13.8 Å². The molecule has 0 bridgehead atoms. The summed E-state index contributed by atoms with van der Waals surface area (Å²) >= 11 is 0. The summed E-state index contributed by atoms with van der Waals surface area (Å²) in [5.74, 6) is -0.685. The normalized spacial score (nSPS) is 12.1. The minimum atomic E-state index is -0.876. The Balaban J connectivity index is 1.93. The summed E-state index contributed by atoms with van der Waals surface area (Å²) in [6.45, 7) is 11.2. The van der Waals surface area contributed by atoms with Crippen molar-refractivity contribution in [2.75, 3.05) is 18.4 Å². The number of nitrogens with zero attached hydrogens (tertiary/aromatic N) is 1. The van der Waals surface area contributed by atoms with E-state index in [0.29, 0.717) is 18.7 Å². The van der Waals surface area contributed by atoms with Crippen molar-refractivity contribution < 1.29 is 19.1 Å². The molecule has 3 aromatic rings. The number of fused-ring (bicyclic) bond motifs is 1. The Hall–Kier alpha value is -3.87. The molecule has 0 fully saturated rings. The summed E-state index contributed by atoms with van der Waals surface area (Å²) in [6.07, 6.45) is -0.0378. The van der Waals surface area contributed by atoms with Gasteiger partial charge in [0.25, 0.3) is 5.91 Å². The molecule has 0 spiro atoms. The average molecular weight is 504 g/mol. The molecule has 0 heterocycles. The number of nitrogens with one attached hydrogen (secondary N) is 2. The summed E-state index contributed by atoms with van der Waals surface area (Å²) in [5.41, 5.74) is 2.68. The molecule has 7 nitrogen and oxygen atoms in total. The highest BCUT2D eigenvalue weighted by Crippen LogP contribution is 2.29. The van der Waals surface area contributed by atoms with Gasteiger partial charge in [0.05, 0.1) is 0 Å². The first-order valence-electron chi connectivity index (χ1n) is 12.6. The number of benzene rings is 3. The van der Waals surface area contributed by atoms with Crippen molar-refractivity contribution in [3.8, 4) is 0 Å². The Morgan fingerprint density at radius 3 is 2.32 bits per heavy atom. The molecule has 0 aliphatic heterocycles. The lowest BCUT2D eigenvalue weighted by atomic mass is 9.95. The fourth-order valence-corrected chi connectivity index (χ4v) is 4.20. The maximum absolute atomic E-state index is 13.8. The molecule has 3 amide bonds. The second kappa shape index (κ2) is 11.9. The van der Waals surface area contributed by atoms with E-state index in [-0.39, 0.29) is 18.4 Å². The van der Waals surface area contributed by atoms with Crippen molar-refractivity contribution in [2.45, 2.75) is 59.6 Å². The molecular weight excluding hydrogens is 466 g/mol. The average Bonchev–Trinajstić information content (AvgIpc) is 2.83. The van der Waals surface area contributed by atoms with Gasteiger partial charge in [0.15, 0.2) is 0 Å². The highest BCUT2D eigenvalue weighted by molar-refractivity contribution is 6.00. The van der Waals surface area contributed by atoms with Crippen molar-refractivity contribution in [2.24, 2.45) is 0 Å². The van der Waals surface area contributed by atoms with Crippen LogP contribution < -0.4 is 10.6 Å². The number of amides is 3. The SMILES string of the molecule is CCCN(C(=O)CNC(=O)OC(C)(C)C)C(C(=O)Nc1ccc2ccccc2c1)c1cccc(C)c1C. The van der Waals surface area contributed by atoms with Crippen LogP contribution in [-0.4, -0.2) is 41.5 Å². The van der Waals surface area contributed by atoms with Gasteiger partial charge < -0.3 is 20.3 Å². The topological polar surface area (TPSA) is 87.7 Å². The molecule has 1 unspecified atom stereocenters. The molecule has 2 N–H and O–H groups in total. The maximum atomic E-state index is 13.8. The van der Waals surface area contributed by atoms with Gasteiger partial charge in [-0.05, 0) is 80.6 Å². The Kier molecular flexibility index (Phi) is 8.92. The van der Waals surface area contributed by atoms with E-state index < -0.39 is 17.7 Å². The standard InChI is InChI=1S/C30H37N3O4/c1-7-17-33(26(34)19-31-29(36)37-30(4,5)6)27(25-14-10-11-20(2)21(25)3)28(35)32-24-16-15-22-12-8-9-13-23(22)18-24/h8-16,18,27H,7,17,19H2,1-6H3,(H,31,36)(H,32,35). The third-order valence-electron chi connectivity index (χ3n) is 6.09. The Bertz CT molecular complexity index is 1280. The van der Waals surface area contributed by atoms with Gasteiger partial charge in [-0.1, -0.05) is 55.5 Å². The number of hydrogen-bond donors (Lipinski definition) is 2. The van der Waals surface area contributed by atoms with Gasteiger partial charge in [-0.3, -0.25) is 9.59 Å². The number of aryl methyl sites for hydroxylation is 1. The van der Waals surface area contributed by atoms with Crippen molar-refractivity contribution >= 4 is 34.4 Å². The van der Waals surface area contributed by atoms with Crippen molar-refractivity contribution in [1.82, 2.24) is 10.2 Å². The first-order valence-corrected chi connectivity index (χ1v) is 12.6. The predicted molar refractivity (Wildman–Crippen MR) is 147 cm³/mol. The van der Waals surface area contributed by atoms with E-state index >= 15 is 0 Å². The zero-order valence-corrected chi connectivity index (χ0v) is 22.6. The summed E-state index contributed by atoms with van der Waals surface area (Å²) in [4.78, 5) is 41.0. The molecule has 0 aromatic heterocycles. The highest BCUT2D eigenvalue weighted by atomic mass is 16.6. The predicted octanol–water partition coefficient (Wildman–Crippen LogP) is 5.90. The number of hydrogen-bond acceptors (Lipinski definition) is 4. The van der Waals surface area contributed by atoms with E-state index in [0.717, 1.165) is 27.5 Å². The first kappa shape index (κ1) is 27.7. The van der Waals surface area contributed by atoms with Crippen LogP contribution in [0.4, 0.5) is 10.5 Å². The van der Waals surface area contributed by atoms with Crippen molar-refractivity contribution in [3.63, 3.8) is 0 Å². The minimum absolute atomic E-state index is 0.278. The fraction of sp³-hybridized carbons (Fsp3) is 0.367. The highest BCUT2D eigenvalue weighted by Gasteiger charge is 2.32. The van der Waals surface area contributed by atoms with E-state index in [2.05, 4.69) is 10.6 Å². The lowest BCUT2D eigenvalue weighted by Crippen LogP contribution is -2.47. The smallest absolute Gasteiger partial charge is 0.408 e. The van der Waals surface area contributed by atoms with E-state index in [9.17, 15) is 14.4 Å². The summed E-state index contributed by atoms with van der Waals surface area (Å²) < 4.78 is 5.27. The number of carbonyl (C=O) groups excluding carboxylic acids is 3. The van der Waals surface area contributed by atoms with Gasteiger partial charge in [-0.25, -0.2) is 4.79 Å². The molecule has 196 valence electrons. The molecule has 0 aliphatic carbocycles. The molecule has 7 heteroatoms. The minimum Gasteiger partial charge on any atom is -0.444 e. The van der Waals surface area contributed by atoms with E-state index in [4.69, 9.17) is 4.74 Å². The van der Waals surface area contributed by atoms with E-state index in [1.54, 1.807) is 20.8 Å². The molecule has 3 aromatic carbocycles. The van der Waals surface area contributed by atoms with Crippen LogP contribution >= 0.6 is 0 Å². The summed E-state index contributed by atoms with van der Waals surface area (Å²) in [6, 6.07) is 18.5. The quantitative estimate of drug-likeness (QED) is 0.401. The molecule has 0 radical (unpaired) electrons. The van der Waals surface area contributed by atoms with E-state index in [1.807, 2.05) is 81.4 Å². The Morgan fingerprint density at radius 2 is 1.65 bits per heavy atom. The molecule has 0 aliphatic rings. The second-order valence-electron chi connectivity index (χ2n) is 10.2. The number of anilines is 1. The third kappa shape index (κ3) is 7.32. The fourth-order valence-electron chi connectivity index (χ4n) is 4.20. The number of alkyl carbamates (subject to hydrolysis) is 1. The monoisotopic (exact) mass is 503 g/mol. The van der Waals surface area contributed by atoms with Gasteiger partial charge in [-0.15, -0.1) is 0 Å². The molecular formula is C30H37N3O4. The lowest BCUT2D eigenvalue weighted by molar-refractivity contribution is -0.138. The first-order chi connectivity index (χ1) is 17.5. The maximum Gasteiger partial charge on any atom is 0.408 e. The van der Waals surface area contributed by atoms with Crippen LogP contribution in [-0.2, 0) is 14.3 Å². The largest absolute Gasteiger partial charge is 0.444 e. The molecule has 0 saturated heterocycles. The van der Waals surface area contributed by atoms with Crippen molar-refractivity contribution in [1.29, 1.82) is 0 Å². The molecule has 0 saturated carbocycles. The van der Waals surface area contributed by atoms with Crippen LogP contribution in [0.5, 0.6) is 0 Å². The van der Waals surface area contributed by atoms with Gasteiger partial charge in [0, 0.05) is 12.2 Å². The molecule has 3 rings (SSSR count). The van der Waals surface area contributed by atoms with Gasteiger partial charge in [0.2, 0.25) is 5.91 Å². The van der Waals surface area contributed by atoms with Crippen LogP contribution in [0.25, 0.3) is 10.8 Å². The van der Waals surface area contributed by atoms with Gasteiger partial charge in [0.1, 0.15) is 18.2 Å². The van der Waals surface area contributed by atoms with Crippen molar-refractivity contribution in [3.05, 3.63) is 77.4 Å². The van der Waals surface area contributed by atoms with E-state index in [1.165, 1.54) is 4.90 Å². The number of carbonyl (C=O) groups is 3. The summed E-state index contributed by atoms with van der Waals surface area (Å²) in [7, 11) is 0. The van der Waals surface area contributed by atoms with Crippen LogP contribution in [0.2, 0.25) is 0 Å². The zero-order chi connectivity index (χ0) is 27.2. The molecule has 37 heavy (non-hydrogen) atoms. The van der Waals surface area contributed by atoms with Crippen LogP contribution in [0.15, 0.2) is 60.7 Å². The number of rotatable bonds is 8. The van der Waals surface area contributed by atoms with Gasteiger partial charge in [-0.2, -0.15) is 0 Å². The third-order valence-corrected chi connectivity index (χ3v) is 6.09. The zero-order valence-electron chi connectivity index (χ0n) is 22.6. The Morgan fingerprint density at radius 1 is 0.946 bits per heavy atom. The Labute approximate surface area is 219 Å². The molecule has 1 atom stereocenters. The number of ether oxygens (including phenoxy) is 1. The lowest BCUT2D eigenvalue weighted by Gasteiger charge is -2.32. The summed E-state index contributed by atoms with van der Waals surface area (Å²) in [5, 5.41) is 7.64. The van der Waals surface area contributed by atoms with Crippen LogP contribution in [0.3, 0.4) is 0 Å².